The van der Waals surface area contributed by atoms with E-state index >= 15 is 0 Å². The third-order valence-electron chi connectivity index (χ3n) is 3.68. The average Bonchev–Trinajstić information content (AvgIpc) is 2.47. The number of aliphatic hydroxyl groups excluding tert-OH is 1. The minimum atomic E-state index is -0.970. The minimum Gasteiger partial charge on any atom is -0.444 e. The largest absolute Gasteiger partial charge is 0.444 e. The first-order chi connectivity index (χ1) is 10.7. The monoisotopic (exact) mass is 325 g/mol. The summed E-state index contributed by atoms with van der Waals surface area (Å²) in [6.45, 7) is 7.95. The molecular formula is C17H24FNO4. The van der Waals surface area contributed by atoms with Crippen molar-refractivity contribution in [3.05, 3.63) is 35.1 Å². The number of benzene rings is 1. The van der Waals surface area contributed by atoms with Gasteiger partial charge in [-0.05, 0) is 44.9 Å². The molecule has 1 N–H and O–H groups in total. The van der Waals surface area contributed by atoms with Crippen molar-refractivity contribution in [1.29, 1.82) is 0 Å². The molecule has 0 saturated carbocycles. The van der Waals surface area contributed by atoms with Gasteiger partial charge in [-0.2, -0.15) is 0 Å². The van der Waals surface area contributed by atoms with Gasteiger partial charge in [-0.25, -0.2) is 9.18 Å². The molecule has 0 aliphatic carbocycles. The molecule has 1 saturated heterocycles. The van der Waals surface area contributed by atoms with Crippen molar-refractivity contribution in [2.45, 2.75) is 45.4 Å². The highest BCUT2D eigenvalue weighted by Crippen LogP contribution is 2.26. The zero-order valence-corrected chi connectivity index (χ0v) is 14.0. The topological polar surface area (TPSA) is 59.0 Å². The number of hydrogen-bond acceptors (Lipinski definition) is 4. The molecule has 0 radical (unpaired) electrons. The average molecular weight is 325 g/mol. The van der Waals surface area contributed by atoms with Crippen molar-refractivity contribution in [2.24, 2.45) is 0 Å². The molecule has 128 valence electrons. The van der Waals surface area contributed by atoms with Gasteiger partial charge in [0.2, 0.25) is 0 Å². The zero-order chi connectivity index (χ0) is 17.2. The van der Waals surface area contributed by atoms with E-state index in [0.717, 1.165) is 0 Å². The van der Waals surface area contributed by atoms with Gasteiger partial charge in [0.05, 0.1) is 19.3 Å². The number of halogens is 1. The van der Waals surface area contributed by atoms with Gasteiger partial charge < -0.3 is 14.6 Å². The molecular weight excluding hydrogens is 301 g/mol. The summed E-state index contributed by atoms with van der Waals surface area (Å²) in [5.41, 5.74) is 0.382. The van der Waals surface area contributed by atoms with Gasteiger partial charge in [0, 0.05) is 6.54 Å². The van der Waals surface area contributed by atoms with Crippen molar-refractivity contribution in [1.82, 2.24) is 4.90 Å². The second-order valence-corrected chi connectivity index (χ2v) is 6.77. The van der Waals surface area contributed by atoms with Gasteiger partial charge in [0.1, 0.15) is 17.5 Å². The third kappa shape index (κ3) is 4.42. The van der Waals surface area contributed by atoms with Crippen LogP contribution in [0, 0.1) is 12.7 Å². The van der Waals surface area contributed by atoms with E-state index in [1.54, 1.807) is 33.8 Å². The highest BCUT2D eigenvalue weighted by molar-refractivity contribution is 5.69. The maximum Gasteiger partial charge on any atom is 0.410 e. The SMILES string of the molecule is Cc1cc(C(O)C2COCCN2C(=O)OC(C)(C)C)ccc1F. The Labute approximate surface area is 136 Å². The number of nitrogens with zero attached hydrogens (tertiary/aromatic N) is 1. The molecule has 0 aromatic heterocycles. The van der Waals surface area contributed by atoms with Crippen LogP contribution in [0.1, 0.15) is 38.0 Å². The Balaban J connectivity index is 2.19. The van der Waals surface area contributed by atoms with Crippen LogP contribution in [-0.4, -0.2) is 47.5 Å². The number of aryl methyl sites for hydroxylation is 1. The maximum atomic E-state index is 13.4. The molecule has 2 atom stereocenters. The fourth-order valence-electron chi connectivity index (χ4n) is 2.51. The van der Waals surface area contributed by atoms with Crippen molar-refractivity contribution >= 4 is 6.09 Å². The van der Waals surface area contributed by atoms with Gasteiger partial charge in [-0.15, -0.1) is 0 Å². The Bertz CT molecular complexity index is 570. The van der Waals surface area contributed by atoms with Crippen LogP contribution in [0.25, 0.3) is 0 Å². The van der Waals surface area contributed by atoms with Crippen LogP contribution < -0.4 is 0 Å². The van der Waals surface area contributed by atoms with E-state index in [1.807, 2.05) is 0 Å². The summed E-state index contributed by atoms with van der Waals surface area (Å²) in [5.74, 6) is -0.329. The second-order valence-electron chi connectivity index (χ2n) is 6.77. The standard InChI is InChI=1S/C17H24FNO4/c1-11-9-12(5-6-13(11)18)15(20)14-10-22-8-7-19(14)16(21)23-17(2,3)4/h5-6,9,14-15,20H,7-8,10H2,1-4H3. The molecule has 6 heteroatoms. The van der Waals surface area contributed by atoms with Gasteiger partial charge in [0.25, 0.3) is 0 Å². The molecule has 0 bridgehead atoms. The summed E-state index contributed by atoms with van der Waals surface area (Å²) in [5, 5.41) is 10.6. The van der Waals surface area contributed by atoms with E-state index < -0.39 is 23.8 Å². The predicted molar refractivity (Wildman–Crippen MR) is 83.6 cm³/mol. The van der Waals surface area contributed by atoms with Crippen LogP contribution in [0.5, 0.6) is 0 Å². The Morgan fingerprint density at radius 1 is 1.48 bits per heavy atom. The summed E-state index contributed by atoms with van der Waals surface area (Å²) in [6, 6.07) is 3.86. The highest BCUT2D eigenvalue weighted by Gasteiger charge is 2.36. The first kappa shape index (κ1) is 17.7. The molecule has 2 unspecified atom stereocenters. The number of amides is 1. The van der Waals surface area contributed by atoms with E-state index in [4.69, 9.17) is 9.47 Å². The predicted octanol–water partition coefficient (Wildman–Crippen LogP) is 2.80. The molecule has 23 heavy (non-hydrogen) atoms. The number of aliphatic hydroxyl groups is 1. The van der Waals surface area contributed by atoms with E-state index in [2.05, 4.69) is 0 Å². The van der Waals surface area contributed by atoms with Crippen LogP contribution in [0.15, 0.2) is 18.2 Å². The number of morpholine rings is 1. The van der Waals surface area contributed by atoms with Gasteiger partial charge in [0.15, 0.2) is 0 Å². The summed E-state index contributed by atoms with van der Waals surface area (Å²) in [7, 11) is 0. The van der Waals surface area contributed by atoms with E-state index in [9.17, 15) is 14.3 Å². The number of ether oxygens (including phenoxy) is 2. The number of hydrogen-bond donors (Lipinski definition) is 1. The minimum absolute atomic E-state index is 0.205. The molecule has 1 heterocycles. The van der Waals surface area contributed by atoms with Crippen molar-refractivity contribution in [2.75, 3.05) is 19.8 Å². The van der Waals surface area contributed by atoms with Crippen molar-refractivity contribution in [3.63, 3.8) is 0 Å². The summed E-state index contributed by atoms with van der Waals surface area (Å²) in [6.07, 6.45) is -1.45. The Morgan fingerprint density at radius 2 is 2.17 bits per heavy atom. The molecule has 5 nitrogen and oxygen atoms in total. The summed E-state index contributed by atoms with van der Waals surface area (Å²) < 4.78 is 24.2. The zero-order valence-electron chi connectivity index (χ0n) is 14.0. The second kappa shape index (κ2) is 6.84. The Kier molecular flexibility index (Phi) is 5.26. The lowest BCUT2D eigenvalue weighted by Crippen LogP contribution is -2.52. The fraction of sp³-hybridized carbons (Fsp3) is 0.588. The summed E-state index contributed by atoms with van der Waals surface area (Å²) >= 11 is 0. The number of carbonyl (C=O) groups excluding carboxylic acids is 1. The molecule has 1 fully saturated rings. The van der Waals surface area contributed by atoms with Gasteiger partial charge in [-0.1, -0.05) is 12.1 Å². The van der Waals surface area contributed by atoms with E-state index in [0.29, 0.717) is 24.3 Å². The van der Waals surface area contributed by atoms with Crippen LogP contribution in [0.4, 0.5) is 9.18 Å². The lowest BCUT2D eigenvalue weighted by molar-refractivity contribution is -0.0672. The lowest BCUT2D eigenvalue weighted by Gasteiger charge is -2.39. The molecule has 2 rings (SSSR count). The first-order valence-corrected chi connectivity index (χ1v) is 7.70. The molecule has 1 aromatic rings. The molecule has 1 aliphatic rings. The third-order valence-corrected chi connectivity index (χ3v) is 3.68. The van der Waals surface area contributed by atoms with Crippen LogP contribution >= 0.6 is 0 Å². The highest BCUT2D eigenvalue weighted by atomic mass is 19.1. The molecule has 1 amide bonds. The fourth-order valence-corrected chi connectivity index (χ4v) is 2.51. The Morgan fingerprint density at radius 3 is 2.78 bits per heavy atom. The van der Waals surface area contributed by atoms with Crippen LogP contribution in [0.3, 0.4) is 0 Å². The lowest BCUT2D eigenvalue weighted by atomic mass is 9.99. The number of rotatable bonds is 2. The molecule has 0 spiro atoms. The number of carbonyl (C=O) groups is 1. The Hall–Kier alpha value is -1.66. The van der Waals surface area contributed by atoms with E-state index in [1.165, 1.54) is 17.0 Å². The van der Waals surface area contributed by atoms with Crippen LogP contribution in [-0.2, 0) is 9.47 Å². The van der Waals surface area contributed by atoms with Crippen molar-refractivity contribution < 1.29 is 23.8 Å². The van der Waals surface area contributed by atoms with Gasteiger partial charge >= 0.3 is 6.09 Å². The quantitative estimate of drug-likeness (QED) is 0.908. The normalized spacial score (nSPS) is 20.3. The van der Waals surface area contributed by atoms with Gasteiger partial charge in [-0.3, -0.25) is 4.90 Å². The summed E-state index contributed by atoms with van der Waals surface area (Å²) in [4.78, 5) is 13.8. The van der Waals surface area contributed by atoms with Crippen LogP contribution in [0.2, 0.25) is 0 Å². The molecule has 1 aromatic carbocycles. The van der Waals surface area contributed by atoms with Crippen molar-refractivity contribution in [3.8, 4) is 0 Å². The van der Waals surface area contributed by atoms with E-state index in [-0.39, 0.29) is 12.4 Å². The maximum absolute atomic E-state index is 13.4. The molecule has 1 aliphatic heterocycles. The first-order valence-electron chi connectivity index (χ1n) is 7.70. The smallest absolute Gasteiger partial charge is 0.410 e.